The van der Waals surface area contributed by atoms with Gasteiger partial charge in [0.05, 0.1) is 6.54 Å². The maximum Gasteiger partial charge on any atom is 0.401 e. The summed E-state index contributed by atoms with van der Waals surface area (Å²) in [6.45, 7) is 5.67. The molecule has 0 spiro atoms. The van der Waals surface area contributed by atoms with Crippen molar-refractivity contribution in [3.05, 3.63) is 18.5 Å². The third-order valence-corrected chi connectivity index (χ3v) is 4.73. The molecule has 2 aliphatic heterocycles. The van der Waals surface area contributed by atoms with Gasteiger partial charge in [-0.2, -0.15) is 13.2 Å². The molecule has 1 aromatic rings. The van der Waals surface area contributed by atoms with E-state index in [9.17, 15) is 13.2 Å². The minimum absolute atomic E-state index is 0. The van der Waals surface area contributed by atoms with Gasteiger partial charge in [-0.15, -0.1) is 24.0 Å². The summed E-state index contributed by atoms with van der Waals surface area (Å²) in [7, 11) is 0. The van der Waals surface area contributed by atoms with Gasteiger partial charge in [-0.25, -0.2) is 9.97 Å². The van der Waals surface area contributed by atoms with Crippen LogP contribution in [0.1, 0.15) is 13.3 Å². The van der Waals surface area contributed by atoms with Crippen LogP contribution >= 0.6 is 24.0 Å². The van der Waals surface area contributed by atoms with Gasteiger partial charge in [-0.05, 0) is 19.4 Å². The van der Waals surface area contributed by atoms with Gasteiger partial charge >= 0.3 is 6.18 Å². The van der Waals surface area contributed by atoms with Crippen molar-refractivity contribution >= 4 is 35.9 Å². The Morgan fingerprint density at radius 2 is 1.86 bits per heavy atom. The number of piperazine rings is 1. The second-order valence-corrected chi connectivity index (χ2v) is 6.80. The number of anilines is 1. The Bertz CT molecular complexity index is 621. The van der Waals surface area contributed by atoms with Crippen molar-refractivity contribution in [3.63, 3.8) is 0 Å². The topological polar surface area (TPSA) is 59.9 Å². The van der Waals surface area contributed by atoms with Gasteiger partial charge in [0.2, 0.25) is 5.95 Å². The van der Waals surface area contributed by atoms with Crippen molar-refractivity contribution in [1.29, 1.82) is 0 Å². The molecular formula is C17H27F3IN7. The summed E-state index contributed by atoms with van der Waals surface area (Å²) in [5.74, 6) is 1.50. The zero-order valence-corrected chi connectivity index (χ0v) is 18.2. The first-order valence-corrected chi connectivity index (χ1v) is 9.31. The molecule has 2 aliphatic rings. The van der Waals surface area contributed by atoms with Gasteiger partial charge in [0.1, 0.15) is 0 Å². The third kappa shape index (κ3) is 6.61. The number of alkyl halides is 3. The molecule has 158 valence electrons. The molecule has 2 saturated heterocycles. The van der Waals surface area contributed by atoms with Crippen LogP contribution < -0.4 is 10.2 Å². The van der Waals surface area contributed by atoms with Gasteiger partial charge in [-0.3, -0.25) is 9.89 Å². The molecular weight excluding hydrogens is 486 g/mol. The summed E-state index contributed by atoms with van der Waals surface area (Å²) in [5, 5.41) is 3.37. The van der Waals surface area contributed by atoms with Gasteiger partial charge in [0.25, 0.3) is 0 Å². The number of nitrogens with zero attached hydrogens (tertiary/aromatic N) is 6. The lowest BCUT2D eigenvalue weighted by atomic mass is 10.2. The van der Waals surface area contributed by atoms with E-state index < -0.39 is 12.7 Å². The Labute approximate surface area is 180 Å². The molecule has 0 saturated carbocycles. The first-order chi connectivity index (χ1) is 12.9. The van der Waals surface area contributed by atoms with E-state index in [2.05, 4.69) is 30.1 Å². The van der Waals surface area contributed by atoms with Crippen molar-refractivity contribution in [2.24, 2.45) is 4.99 Å². The number of rotatable bonds is 4. The Morgan fingerprint density at radius 1 is 1.18 bits per heavy atom. The number of guanidine groups is 1. The van der Waals surface area contributed by atoms with Crippen LogP contribution in [0.25, 0.3) is 0 Å². The van der Waals surface area contributed by atoms with Crippen molar-refractivity contribution in [2.45, 2.75) is 25.6 Å². The minimum atomic E-state index is -4.15. The first kappa shape index (κ1) is 22.9. The van der Waals surface area contributed by atoms with E-state index in [1.807, 2.05) is 6.92 Å². The van der Waals surface area contributed by atoms with Crippen LogP contribution in [-0.2, 0) is 0 Å². The van der Waals surface area contributed by atoms with E-state index in [1.54, 1.807) is 18.5 Å². The van der Waals surface area contributed by atoms with E-state index >= 15 is 0 Å². The summed E-state index contributed by atoms with van der Waals surface area (Å²) in [4.78, 5) is 18.9. The Hall–Kier alpha value is -1.37. The Balaban J connectivity index is 0.00000280. The summed E-state index contributed by atoms with van der Waals surface area (Å²) in [5.41, 5.74) is 0. The molecule has 0 amide bonds. The molecule has 0 aliphatic carbocycles. The first-order valence-electron chi connectivity index (χ1n) is 9.31. The van der Waals surface area contributed by atoms with Crippen LogP contribution in [0.4, 0.5) is 19.1 Å². The molecule has 1 unspecified atom stereocenters. The monoisotopic (exact) mass is 513 g/mol. The third-order valence-electron chi connectivity index (χ3n) is 4.73. The number of likely N-dealkylation sites (tertiary alicyclic amines) is 1. The van der Waals surface area contributed by atoms with Crippen LogP contribution in [-0.4, -0.2) is 90.3 Å². The fraction of sp³-hybridized carbons (Fsp3) is 0.706. The molecule has 0 aromatic carbocycles. The highest BCUT2D eigenvalue weighted by Crippen LogP contribution is 2.20. The summed E-state index contributed by atoms with van der Waals surface area (Å²) in [6.07, 6.45) is 0.00174. The molecule has 1 atom stereocenters. The summed E-state index contributed by atoms with van der Waals surface area (Å²) in [6, 6.07) is 1.78. The van der Waals surface area contributed by atoms with Crippen molar-refractivity contribution in [2.75, 3.05) is 57.3 Å². The number of nitrogens with one attached hydrogen (secondary N) is 1. The average Bonchev–Trinajstić information content (AvgIpc) is 3.07. The molecule has 3 rings (SSSR count). The van der Waals surface area contributed by atoms with Crippen LogP contribution in [0.15, 0.2) is 23.5 Å². The van der Waals surface area contributed by atoms with Gasteiger partial charge < -0.3 is 15.1 Å². The Kier molecular flexibility index (Phi) is 8.53. The molecule has 28 heavy (non-hydrogen) atoms. The maximum atomic E-state index is 12.6. The minimum Gasteiger partial charge on any atom is -0.352 e. The van der Waals surface area contributed by atoms with E-state index in [1.165, 1.54) is 4.90 Å². The summed E-state index contributed by atoms with van der Waals surface area (Å²) < 4.78 is 37.7. The standard InChI is InChI=1S/C17H26F3N7.HI/c1-2-21-16(24-14-4-7-25(12-14)13-17(18,19)20)27-10-8-26(9-11-27)15-22-5-3-6-23-15;/h3,5-6,14H,2,4,7-13H2,1H3,(H,21,24);1H. The summed E-state index contributed by atoms with van der Waals surface area (Å²) >= 11 is 0. The van der Waals surface area contributed by atoms with Gasteiger partial charge in [0.15, 0.2) is 5.96 Å². The zero-order chi connectivity index (χ0) is 19.3. The quantitative estimate of drug-likeness (QED) is 0.377. The number of hydrogen-bond acceptors (Lipinski definition) is 5. The lowest BCUT2D eigenvalue weighted by molar-refractivity contribution is -0.143. The van der Waals surface area contributed by atoms with Crippen molar-refractivity contribution < 1.29 is 13.2 Å². The highest BCUT2D eigenvalue weighted by atomic mass is 127. The predicted molar refractivity (Wildman–Crippen MR) is 113 cm³/mol. The van der Waals surface area contributed by atoms with Crippen molar-refractivity contribution in [3.8, 4) is 0 Å². The molecule has 11 heteroatoms. The molecule has 1 aromatic heterocycles. The highest BCUT2D eigenvalue weighted by Gasteiger charge is 2.35. The fourth-order valence-electron chi connectivity index (χ4n) is 3.49. The lowest BCUT2D eigenvalue weighted by Gasteiger charge is -2.37. The number of aromatic nitrogens is 2. The normalized spacial score (nSPS) is 21.6. The zero-order valence-electron chi connectivity index (χ0n) is 15.9. The lowest BCUT2D eigenvalue weighted by Crippen LogP contribution is -2.55. The van der Waals surface area contributed by atoms with Crippen LogP contribution in [0.3, 0.4) is 0 Å². The van der Waals surface area contributed by atoms with E-state index in [0.29, 0.717) is 26.1 Å². The van der Waals surface area contributed by atoms with Crippen LogP contribution in [0.2, 0.25) is 0 Å². The second kappa shape index (κ2) is 10.4. The molecule has 1 N–H and O–H groups in total. The van der Waals surface area contributed by atoms with E-state index in [-0.39, 0.29) is 30.0 Å². The van der Waals surface area contributed by atoms with Crippen LogP contribution in [0.5, 0.6) is 0 Å². The molecule has 7 nitrogen and oxygen atoms in total. The van der Waals surface area contributed by atoms with Crippen LogP contribution in [0, 0.1) is 0 Å². The second-order valence-electron chi connectivity index (χ2n) is 6.80. The number of halogens is 4. The van der Waals surface area contributed by atoms with Gasteiger partial charge in [0, 0.05) is 64.2 Å². The molecule has 0 bridgehead atoms. The SMILES string of the molecule is CCN=C(NC1CCN(CC(F)(F)F)C1)N1CCN(c2ncccn2)CC1.I. The number of aliphatic imine (C=N–C) groups is 1. The molecule has 3 heterocycles. The van der Waals surface area contributed by atoms with E-state index in [0.717, 1.165) is 38.1 Å². The molecule has 2 fully saturated rings. The maximum absolute atomic E-state index is 12.6. The predicted octanol–water partition coefficient (Wildman–Crippen LogP) is 1.82. The average molecular weight is 513 g/mol. The largest absolute Gasteiger partial charge is 0.401 e. The van der Waals surface area contributed by atoms with E-state index in [4.69, 9.17) is 0 Å². The fourth-order valence-corrected chi connectivity index (χ4v) is 3.49. The number of hydrogen-bond donors (Lipinski definition) is 1. The smallest absolute Gasteiger partial charge is 0.352 e. The molecule has 0 radical (unpaired) electrons. The van der Waals surface area contributed by atoms with Gasteiger partial charge in [-0.1, -0.05) is 0 Å². The van der Waals surface area contributed by atoms with Crippen molar-refractivity contribution in [1.82, 2.24) is 25.1 Å². The highest BCUT2D eigenvalue weighted by molar-refractivity contribution is 14.0. The Morgan fingerprint density at radius 3 is 2.46 bits per heavy atom.